The van der Waals surface area contributed by atoms with Gasteiger partial charge >= 0.3 is 0 Å². The third kappa shape index (κ3) is 3.87. The Morgan fingerprint density at radius 1 is 1.08 bits per heavy atom. The van der Waals surface area contributed by atoms with Crippen molar-refractivity contribution in [2.75, 3.05) is 14.1 Å². The van der Waals surface area contributed by atoms with Gasteiger partial charge in [0.25, 0.3) is 0 Å². The Bertz CT molecular complexity index is 763. The lowest BCUT2D eigenvalue weighted by molar-refractivity contribution is 0.204. The van der Waals surface area contributed by atoms with Gasteiger partial charge in [-0.25, -0.2) is 0 Å². The fraction of sp³-hybridized carbons (Fsp3) is 0.500. The molecule has 0 fully saturated rings. The van der Waals surface area contributed by atoms with Crippen LogP contribution in [0.4, 0.5) is 0 Å². The quantitative estimate of drug-likeness (QED) is 0.828. The van der Waals surface area contributed by atoms with Crippen molar-refractivity contribution in [3.63, 3.8) is 0 Å². The van der Waals surface area contributed by atoms with Crippen molar-refractivity contribution in [1.29, 1.82) is 0 Å². The molecule has 2 heteroatoms. The van der Waals surface area contributed by atoms with E-state index in [-0.39, 0.29) is 5.41 Å². The highest BCUT2D eigenvalue weighted by Crippen LogP contribution is 2.34. The predicted octanol–water partition coefficient (Wildman–Crippen LogP) is 4.86. The Morgan fingerprint density at radius 3 is 2.58 bits per heavy atom. The molecule has 1 unspecified atom stereocenters. The van der Waals surface area contributed by atoms with Crippen LogP contribution in [0.5, 0.6) is 0 Å². The van der Waals surface area contributed by atoms with Gasteiger partial charge in [0.2, 0.25) is 0 Å². The van der Waals surface area contributed by atoms with Gasteiger partial charge in [-0.3, -0.25) is 4.90 Å². The average molecular weight is 351 g/mol. The second-order valence-electron chi connectivity index (χ2n) is 8.77. The smallest absolute Gasteiger partial charge is 0.0236 e. The molecule has 1 aliphatic heterocycles. The van der Waals surface area contributed by atoms with E-state index < -0.39 is 0 Å². The third-order valence-electron chi connectivity index (χ3n) is 6.27. The number of rotatable bonds is 5. The summed E-state index contributed by atoms with van der Waals surface area (Å²) in [5.41, 5.74) is 7.39. The highest BCUT2D eigenvalue weighted by Gasteiger charge is 2.28. The van der Waals surface area contributed by atoms with Crippen LogP contribution in [0.2, 0.25) is 0 Å². The molecule has 2 aromatic rings. The highest BCUT2D eigenvalue weighted by molar-refractivity contribution is 5.39. The molecule has 2 nitrogen and oxygen atoms in total. The molecule has 0 amide bonds. The molecule has 0 radical (unpaired) electrons. The topological polar surface area (TPSA) is 15.3 Å². The lowest BCUT2D eigenvalue weighted by atomic mass is 9.77. The van der Waals surface area contributed by atoms with Gasteiger partial charge in [-0.2, -0.15) is 0 Å². The van der Waals surface area contributed by atoms with Crippen molar-refractivity contribution in [2.24, 2.45) is 0 Å². The summed E-state index contributed by atoms with van der Waals surface area (Å²) in [6, 6.07) is 16.8. The Morgan fingerprint density at radius 2 is 1.85 bits per heavy atom. The summed E-state index contributed by atoms with van der Waals surface area (Å²) >= 11 is 0. The first-order valence-corrected chi connectivity index (χ1v) is 9.88. The first kappa shape index (κ1) is 19.1. The summed E-state index contributed by atoms with van der Waals surface area (Å²) in [5.74, 6) is 0.601. The predicted molar refractivity (Wildman–Crippen MR) is 112 cm³/mol. The molecule has 2 aromatic carbocycles. The monoisotopic (exact) mass is 350 g/mol. The van der Waals surface area contributed by atoms with Gasteiger partial charge in [-0.05, 0) is 66.6 Å². The number of nitrogens with one attached hydrogen (secondary N) is 1. The van der Waals surface area contributed by atoms with E-state index >= 15 is 0 Å². The number of hydrogen-bond acceptors (Lipinski definition) is 2. The van der Waals surface area contributed by atoms with Crippen LogP contribution < -0.4 is 5.32 Å². The number of hydrogen-bond donors (Lipinski definition) is 1. The van der Waals surface area contributed by atoms with Crippen LogP contribution in [0.15, 0.2) is 42.5 Å². The first-order chi connectivity index (χ1) is 12.3. The Labute approximate surface area is 159 Å². The summed E-state index contributed by atoms with van der Waals surface area (Å²) in [5, 5.41) is 3.25. The number of nitrogens with zero attached hydrogens (tertiary/aromatic N) is 1. The largest absolute Gasteiger partial charge is 0.316 e. The summed E-state index contributed by atoms with van der Waals surface area (Å²) < 4.78 is 0. The summed E-state index contributed by atoms with van der Waals surface area (Å²) in [6.45, 7) is 11.4. The van der Waals surface area contributed by atoms with E-state index in [1.165, 1.54) is 27.8 Å². The summed E-state index contributed by atoms with van der Waals surface area (Å²) in [4.78, 5) is 2.48. The maximum atomic E-state index is 3.25. The highest BCUT2D eigenvalue weighted by atomic mass is 15.1. The summed E-state index contributed by atoms with van der Waals surface area (Å²) in [6.07, 6.45) is 1.07. The van der Waals surface area contributed by atoms with Crippen LogP contribution >= 0.6 is 0 Å². The zero-order valence-corrected chi connectivity index (χ0v) is 17.3. The van der Waals surface area contributed by atoms with Gasteiger partial charge in [0.1, 0.15) is 0 Å². The maximum Gasteiger partial charge on any atom is 0.0236 e. The molecule has 1 N–H and O–H groups in total. The van der Waals surface area contributed by atoms with E-state index in [9.17, 15) is 0 Å². The molecular formula is C24H34N2. The zero-order valence-electron chi connectivity index (χ0n) is 17.3. The van der Waals surface area contributed by atoms with Gasteiger partial charge in [0.15, 0.2) is 0 Å². The lowest BCUT2D eigenvalue weighted by Gasteiger charge is -2.37. The number of fused-ring (bicyclic) bond motifs is 1. The van der Waals surface area contributed by atoms with Crippen LogP contribution in [-0.4, -0.2) is 25.0 Å². The normalized spacial score (nSPS) is 20.8. The van der Waals surface area contributed by atoms with Gasteiger partial charge < -0.3 is 5.32 Å². The van der Waals surface area contributed by atoms with E-state index in [0.717, 1.165) is 19.5 Å². The molecule has 0 bridgehead atoms. The maximum absolute atomic E-state index is 3.25. The van der Waals surface area contributed by atoms with Crippen LogP contribution in [0, 0.1) is 0 Å². The van der Waals surface area contributed by atoms with Crippen molar-refractivity contribution in [2.45, 2.75) is 64.6 Å². The standard InChI is InChI=1S/C24H34N2/c1-17-18(2)26(6)16-21-12-19(10-11-23(17)21)14-24(3,4)22-9-7-8-20(13-22)15-25-5/h7-13,17-18,25H,14-16H2,1-6H3/t17-,18?/m1/s1. The molecule has 0 spiro atoms. The Balaban J connectivity index is 1.84. The molecular weight excluding hydrogens is 316 g/mol. The molecule has 0 aliphatic carbocycles. The number of benzene rings is 2. The molecule has 0 aromatic heterocycles. The second-order valence-corrected chi connectivity index (χ2v) is 8.77. The van der Waals surface area contributed by atoms with E-state index in [0.29, 0.717) is 12.0 Å². The number of likely N-dealkylation sites (N-methyl/N-ethyl adjacent to an activating group) is 1. The minimum Gasteiger partial charge on any atom is -0.316 e. The first-order valence-electron chi connectivity index (χ1n) is 9.88. The van der Waals surface area contributed by atoms with Crippen molar-refractivity contribution in [3.8, 4) is 0 Å². The lowest BCUT2D eigenvalue weighted by Crippen LogP contribution is -2.37. The van der Waals surface area contributed by atoms with Crippen LogP contribution in [-0.2, 0) is 24.9 Å². The molecule has 26 heavy (non-hydrogen) atoms. The van der Waals surface area contributed by atoms with E-state index in [2.05, 4.69) is 87.4 Å². The molecule has 1 aliphatic rings. The van der Waals surface area contributed by atoms with Gasteiger partial charge in [0, 0.05) is 19.1 Å². The Hall–Kier alpha value is -1.64. The van der Waals surface area contributed by atoms with Crippen molar-refractivity contribution < 1.29 is 0 Å². The molecule has 0 saturated heterocycles. The molecule has 3 rings (SSSR count). The molecule has 1 heterocycles. The zero-order chi connectivity index (χ0) is 18.9. The van der Waals surface area contributed by atoms with Crippen LogP contribution in [0.3, 0.4) is 0 Å². The average Bonchev–Trinajstić information content (AvgIpc) is 2.60. The fourth-order valence-corrected chi connectivity index (χ4v) is 4.32. The van der Waals surface area contributed by atoms with E-state index in [4.69, 9.17) is 0 Å². The van der Waals surface area contributed by atoms with Crippen LogP contribution in [0.1, 0.15) is 61.4 Å². The third-order valence-corrected chi connectivity index (χ3v) is 6.27. The molecule has 140 valence electrons. The molecule has 2 atom stereocenters. The van der Waals surface area contributed by atoms with E-state index in [1.54, 1.807) is 0 Å². The Kier molecular flexibility index (Phi) is 5.55. The van der Waals surface area contributed by atoms with Gasteiger partial charge in [-0.15, -0.1) is 0 Å². The van der Waals surface area contributed by atoms with E-state index in [1.807, 2.05) is 7.05 Å². The van der Waals surface area contributed by atoms with Crippen LogP contribution in [0.25, 0.3) is 0 Å². The second kappa shape index (κ2) is 7.54. The van der Waals surface area contributed by atoms with Gasteiger partial charge in [-0.1, -0.05) is 63.2 Å². The van der Waals surface area contributed by atoms with Crippen molar-refractivity contribution in [3.05, 3.63) is 70.3 Å². The minimum atomic E-state index is 0.122. The van der Waals surface area contributed by atoms with Crippen molar-refractivity contribution in [1.82, 2.24) is 10.2 Å². The van der Waals surface area contributed by atoms with Crippen molar-refractivity contribution >= 4 is 0 Å². The SMILES string of the molecule is CNCc1cccc(C(C)(C)Cc2ccc3c(c2)CN(C)C(C)[C@H]3C)c1. The minimum absolute atomic E-state index is 0.122. The summed E-state index contributed by atoms with van der Waals surface area (Å²) in [7, 11) is 4.25. The molecule has 0 saturated carbocycles. The van der Waals surface area contributed by atoms with Gasteiger partial charge in [0.05, 0.1) is 0 Å². The fourth-order valence-electron chi connectivity index (χ4n) is 4.32.